The first-order chi connectivity index (χ1) is 10.5. The fraction of sp³-hybridized carbons (Fsp3) is 0.611. The summed E-state index contributed by atoms with van der Waals surface area (Å²) in [6.07, 6.45) is 2.75. The maximum absolute atomic E-state index is 11.5. The van der Waals surface area contributed by atoms with Crippen molar-refractivity contribution in [3.63, 3.8) is 0 Å². The molecule has 3 N–H and O–H groups in total. The van der Waals surface area contributed by atoms with Crippen LogP contribution in [0.3, 0.4) is 0 Å². The number of carbonyl (C=O) groups excluding carboxylic acids is 1. The molecule has 0 spiro atoms. The first kappa shape index (κ1) is 16.8. The van der Waals surface area contributed by atoms with Gasteiger partial charge in [0.2, 0.25) is 5.91 Å². The van der Waals surface area contributed by atoms with Crippen molar-refractivity contribution in [2.45, 2.75) is 59.0 Å². The molecule has 0 fully saturated rings. The van der Waals surface area contributed by atoms with E-state index in [0.717, 1.165) is 36.1 Å². The lowest BCUT2D eigenvalue weighted by Gasteiger charge is -2.30. The van der Waals surface area contributed by atoms with Crippen LogP contribution >= 0.6 is 0 Å². The summed E-state index contributed by atoms with van der Waals surface area (Å²) in [6.45, 7) is 8.66. The summed E-state index contributed by atoms with van der Waals surface area (Å²) >= 11 is 0. The lowest BCUT2D eigenvalue weighted by Crippen LogP contribution is -2.31. The van der Waals surface area contributed by atoms with E-state index in [0.29, 0.717) is 12.5 Å². The van der Waals surface area contributed by atoms with Gasteiger partial charge in [0.15, 0.2) is 0 Å². The number of benzene rings is 1. The quantitative estimate of drug-likeness (QED) is 0.877. The monoisotopic (exact) mass is 304 g/mol. The van der Waals surface area contributed by atoms with E-state index in [-0.39, 0.29) is 18.0 Å². The fourth-order valence-corrected chi connectivity index (χ4v) is 3.04. The van der Waals surface area contributed by atoms with Gasteiger partial charge in [-0.3, -0.25) is 4.79 Å². The van der Waals surface area contributed by atoms with Crippen LogP contribution in [0.15, 0.2) is 12.1 Å². The van der Waals surface area contributed by atoms with Crippen LogP contribution in [0.4, 0.5) is 0 Å². The highest BCUT2D eigenvalue weighted by molar-refractivity contribution is 5.73. The summed E-state index contributed by atoms with van der Waals surface area (Å²) in [4.78, 5) is 11.5. The number of fused-ring (bicyclic) bond motifs is 1. The van der Waals surface area contributed by atoms with Crippen LogP contribution in [-0.4, -0.2) is 12.5 Å². The highest BCUT2D eigenvalue weighted by Crippen LogP contribution is 2.38. The molecule has 4 heteroatoms. The van der Waals surface area contributed by atoms with Gasteiger partial charge in [-0.15, -0.1) is 0 Å². The normalized spacial score (nSPS) is 19.8. The molecule has 2 rings (SSSR count). The van der Waals surface area contributed by atoms with Gasteiger partial charge in [-0.25, -0.2) is 0 Å². The van der Waals surface area contributed by atoms with E-state index in [2.05, 4.69) is 38.2 Å². The van der Waals surface area contributed by atoms with Gasteiger partial charge < -0.3 is 15.8 Å². The largest absolute Gasteiger partial charge is 0.493 e. The summed E-state index contributed by atoms with van der Waals surface area (Å²) in [5, 5.41) is 3.04. The van der Waals surface area contributed by atoms with Gasteiger partial charge in [0, 0.05) is 24.9 Å². The third kappa shape index (κ3) is 3.43. The number of nitrogens with one attached hydrogen (secondary N) is 1. The predicted octanol–water partition coefficient (Wildman–Crippen LogP) is 3.25. The van der Waals surface area contributed by atoms with Crippen molar-refractivity contribution >= 4 is 5.91 Å². The summed E-state index contributed by atoms with van der Waals surface area (Å²) in [6, 6.07) is 4.34. The lowest BCUT2D eigenvalue weighted by molar-refractivity contribution is -0.119. The summed E-state index contributed by atoms with van der Waals surface area (Å²) in [5.74, 6) is 1.35. The molecule has 22 heavy (non-hydrogen) atoms. The maximum Gasteiger partial charge on any atom is 0.217 e. The summed E-state index contributed by atoms with van der Waals surface area (Å²) < 4.78 is 5.89. The van der Waals surface area contributed by atoms with Gasteiger partial charge in [0.1, 0.15) is 5.75 Å². The molecule has 0 aliphatic carbocycles. The number of nitrogens with two attached hydrogens (primary N) is 1. The van der Waals surface area contributed by atoms with E-state index in [4.69, 9.17) is 10.5 Å². The van der Waals surface area contributed by atoms with Gasteiger partial charge in [-0.05, 0) is 29.5 Å². The Morgan fingerprint density at radius 1 is 1.45 bits per heavy atom. The van der Waals surface area contributed by atoms with Crippen LogP contribution in [0.5, 0.6) is 5.75 Å². The van der Waals surface area contributed by atoms with E-state index >= 15 is 0 Å². The molecule has 1 heterocycles. The fourth-order valence-electron chi connectivity index (χ4n) is 3.04. The molecule has 1 aromatic carbocycles. The molecule has 122 valence electrons. The Morgan fingerprint density at radius 2 is 2.18 bits per heavy atom. The predicted molar refractivity (Wildman–Crippen MR) is 88.9 cm³/mol. The van der Waals surface area contributed by atoms with E-state index in [9.17, 15) is 4.79 Å². The lowest BCUT2D eigenvalue weighted by atomic mass is 9.87. The number of hydrogen-bond donors (Lipinski definition) is 2. The molecular formula is C18H28N2O2. The maximum atomic E-state index is 11.5. The smallest absolute Gasteiger partial charge is 0.217 e. The van der Waals surface area contributed by atoms with Crippen molar-refractivity contribution in [2.75, 3.05) is 6.61 Å². The van der Waals surface area contributed by atoms with Gasteiger partial charge in [-0.1, -0.05) is 33.3 Å². The first-order valence-electron chi connectivity index (χ1n) is 8.30. The zero-order valence-electron chi connectivity index (χ0n) is 14.1. The van der Waals surface area contributed by atoms with Crippen molar-refractivity contribution in [1.29, 1.82) is 0 Å². The molecule has 1 aliphatic heterocycles. The average Bonchev–Trinajstić information content (AvgIpc) is 2.52. The highest BCUT2D eigenvalue weighted by Gasteiger charge is 2.26. The van der Waals surface area contributed by atoms with Crippen LogP contribution in [0, 0.1) is 5.92 Å². The Balaban J connectivity index is 2.45. The molecule has 1 amide bonds. The molecule has 0 aromatic heterocycles. The topological polar surface area (TPSA) is 64.3 Å². The molecular weight excluding hydrogens is 276 g/mol. The molecule has 0 radical (unpaired) electrons. The average molecular weight is 304 g/mol. The van der Waals surface area contributed by atoms with Crippen molar-refractivity contribution in [3.05, 3.63) is 28.8 Å². The number of hydrogen-bond acceptors (Lipinski definition) is 3. The van der Waals surface area contributed by atoms with Gasteiger partial charge >= 0.3 is 0 Å². The molecule has 1 aromatic rings. The Bertz CT molecular complexity index is 542. The molecule has 1 aliphatic rings. The summed E-state index contributed by atoms with van der Waals surface area (Å²) in [5.41, 5.74) is 9.83. The second-order valence-electron chi connectivity index (χ2n) is 6.25. The van der Waals surface area contributed by atoms with Crippen molar-refractivity contribution in [3.8, 4) is 5.75 Å². The van der Waals surface area contributed by atoms with Crippen molar-refractivity contribution in [1.82, 2.24) is 5.32 Å². The van der Waals surface area contributed by atoms with Gasteiger partial charge in [-0.2, -0.15) is 0 Å². The van der Waals surface area contributed by atoms with E-state index in [1.54, 1.807) is 6.92 Å². The minimum absolute atomic E-state index is 0.00692. The number of carbonyl (C=O) groups is 1. The van der Waals surface area contributed by atoms with Crippen LogP contribution < -0.4 is 15.8 Å². The Morgan fingerprint density at radius 3 is 2.77 bits per heavy atom. The van der Waals surface area contributed by atoms with E-state index < -0.39 is 0 Å². The Hall–Kier alpha value is -1.55. The van der Waals surface area contributed by atoms with Crippen LogP contribution in [0.2, 0.25) is 0 Å². The summed E-state index contributed by atoms with van der Waals surface area (Å²) in [7, 11) is 0. The Kier molecular flexibility index (Phi) is 5.46. The van der Waals surface area contributed by atoms with Gasteiger partial charge in [0.05, 0.1) is 12.6 Å². The first-order valence-corrected chi connectivity index (χ1v) is 8.30. The van der Waals surface area contributed by atoms with Crippen molar-refractivity contribution in [2.24, 2.45) is 11.7 Å². The van der Waals surface area contributed by atoms with Crippen molar-refractivity contribution < 1.29 is 9.53 Å². The molecule has 3 unspecified atom stereocenters. The zero-order valence-corrected chi connectivity index (χ0v) is 14.1. The SMILES string of the molecule is CCc1cc(C(N)C(C)CC)cc2c1OCCC2NC(C)=O. The molecule has 0 saturated heterocycles. The number of amides is 1. The van der Waals surface area contributed by atoms with Crippen LogP contribution in [0.1, 0.15) is 69.3 Å². The number of ether oxygens (including phenoxy) is 1. The third-order valence-corrected chi connectivity index (χ3v) is 4.65. The second-order valence-corrected chi connectivity index (χ2v) is 6.25. The van der Waals surface area contributed by atoms with Crippen LogP contribution in [-0.2, 0) is 11.2 Å². The van der Waals surface area contributed by atoms with E-state index in [1.807, 2.05) is 0 Å². The molecule has 0 saturated carbocycles. The van der Waals surface area contributed by atoms with E-state index in [1.165, 1.54) is 5.56 Å². The highest BCUT2D eigenvalue weighted by atomic mass is 16.5. The number of rotatable bonds is 5. The van der Waals surface area contributed by atoms with Crippen LogP contribution in [0.25, 0.3) is 0 Å². The molecule has 3 atom stereocenters. The third-order valence-electron chi connectivity index (χ3n) is 4.65. The van der Waals surface area contributed by atoms with Gasteiger partial charge in [0.25, 0.3) is 0 Å². The zero-order chi connectivity index (χ0) is 16.3. The second kappa shape index (κ2) is 7.14. The molecule has 4 nitrogen and oxygen atoms in total. The minimum atomic E-state index is -0.00692. The number of aryl methyl sites for hydroxylation is 1. The Labute approximate surface area is 133 Å². The molecule has 0 bridgehead atoms. The standard InChI is InChI=1S/C18H28N2O2/c1-5-11(3)17(19)14-9-13(6-2)18-15(10-14)16(7-8-22-18)20-12(4)21/h9-11,16-17H,5-8,19H2,1-4H3,(H,20,21). The minimum Gasteiger partial charge on any atom is -0.493 e.